The molecule has 5 heteroatoms. The number of carbonyl (C=O) groups is 1. The largest absolute Gasteiger partial charge is 0.338 e. The predicted molar refractivity (Wildman–Crippen MR) is 86.9 cm³/mol. The number of benzene rings is 1. The first-order valence-corrected chi connectivity index (χ1v) is 7.82. The summed E-state index contributed by atoms with van der Waals surface area (Å²) < 4.78 is 0. The number of urea groups is 1. The Morgan fingerprint density at radius 3 is 2.67 bits per heavy atom. The van der Waals surface area contributed by atoms with E-state index in [0.29, 0.717) is 6.54 Å². The summed E-state index contributed by atoms with van der Waals surface area (Å²) in [4.78, 5) is 18.9. The van der Waals surface area contributed by atoms with Gasteiger partial charge >= 0.3 is 6.03 Å². The number of rotatable bonds is 5. The Balaban J connectivity index is 1.91. The molecule has 0 aliphatic rings. The molecule has 0 unspecified atom stereocenters. The molecule has 0 radical (unpaired) electrons. The van der Waals surface area contributed by atoms with Gasteiger partial charge in [-0.15, -0.1) is 11.3 Å². The molecule has 112 valence electrons. The summed E-state index contributed by atoms with van der Waals surface area (Å²) in [5.74, 6) is 0. The third kappa shape index (κ3) is 4.56. The van der Waals surface area contributed by atoms with Crippen molar-refractivity contribution >= 4 is 17.4 Å². The van der Waals surface area contributed by atoms with E-state index in [4.69, 9.17) is 0 Å². The normalized spacial score (nSPS) is 10.4. The monoisotopic (exact) mass is 303 g/mol. The molecule has 1 aromatic carbocycles. The molecule has 0 spiro atoms. The summed E-state index contributed by atoms with van der Waals surface area (Å²) in [5, 5.41) is 3.94. The molecule has 0 bridgehead atoms. The molecule has 1 N–H and O–H groups in total. The lowest BCUT2D eigenvalue weighted by atomic mass is 10.1. The lowest BCUT2D eigenvalue weighted by Crippen LogP contribution is -2.35. The Bertz CT molecular complexity index is 593. The van der Waals surface area contributed by atoms with Crippen LogP contribution in [0.2, 0.25) is 0 Å². The number of carbonyl (C=O) groups excluding carboxylic acids is 1. The van der Waals surface area contributed by atoms with E-state index in [1.165, 1.54) is 15.3 Å². The van der Waals surface area contributed by atoms with Crippen molar-refractivity contribution in [1.29, 1.82) is 0 Å². The van der Waals surface area contributed by atoms with Crippen LogP contribution in [0.1, 0.15) is 21.1 Å². The molecule has 0 fully saturated rings. The van der Waals surface area contributed by atoms with Gasteiger partial charge in [-0.2, -0.15) is 0 Å². The second-order valence-corrected chi connectivity index (χ2v) is 6.32. The third-order valence-corrected chi connectivity index (χ3v) is 4.38. The maximum Gasteiger partial charge on any atom is 0.316 e. The predicted octanol–water partition coefficient (Wildman–Crippen LogP) is 2.86. The third-order valence-electron chi connectivity index (χ3n) is 3.17. The van der Waals surface area contributed by atoms with Crippen LogP contribution in [0, 0.1) is 6.92 Å². The average molecular weight is 303 g/mol. The van der Waals surface area contributed by atoms with Crippen LogP contribution in [0.5, 0.6) is 0 Å². The van der Waals surface area contributed by atoms with E-state index >= 15 is 0 Å². The average Bonchev–Trinajstić information content (AvgIpc) is 2.80. The van der Waals surface area contributed by atoms with Gasteiger partial charge in [0.15, 0.2) is 0 Å². The van der Waals surface area contributed by atoms with Crippen LogP contribution in [-0.4, -0.2) is 36.6 Å². The first-order valence-electron chi connectivity index (χ1n) is 7.00. The van der Waals surface area contributed by atoms with Crippen LogP contribution in [-0.2, 0) is 12.8 Å². The maximum atomic E-state index is 11.4. The van der Waals surface area contributed by atoms with Crippen LogP contribution >= 0.6 is 11.3 Å². The summed E-state index contributed by atoms with van der Waals surface area (Å²) >= 11 is 1.74. The van der Waals surface area contributed by atoms with Crippen LogP contribution in [0.25, 0.3) is 0 Å². The SMILES string of the molecule is Cc1nc(CCNC(=O)N(C)C)sc1Cc1ccccc1. The molecular weight excluding hydrogens is 282 g/mol. The number of nitrogens with one attached hydrogen (secondary N) is 1. The zero-order valence-electron chi connectivity index (χ0n) is 12.7. The highest BCUT2D eigenvalue weighted by Gasteiger charge is 2.09. The molecule has 2 aromatic rings. The summed E-state index contributed by atoms with van der Waals surface area (Å²) in [6.45, 7) is 2.67. The minimum atomic E-state index is -0.0622. The lowest BCUT2D eigenvalue weighted by Gasteiger charge is -2.10. The quantitative estimate of drug-likeness (QED) is 0.923. The van der Waals surface area contributed by atoms with Gasteiger partial charge in [0.2, 0.25) is 0 Å². The summed E-state index contributed by atoms with van der Waals surface area (Å²) in [5.41, 5.74) is 2.40. The van der Waals surface area contributed by atoms with Gasteiger partial charge < -0.3 is 10.2 Å². The van der Waals surface area contributed by atoms with E-state index in [2.05, 4.69) is 41.5 Å². The molecule has 2 amide bonds. The molecule has 21 heavy (non-hydrogen) atoms. The fraction of sp³-hybridized carbons (Fsp3) is 0.375. The summed E-state index contributed by atoms with van der Waals surface area (Å²) in [6.07, 6.45) is 1.70. The Morgan fingerprint density at radius 2 is 2.00 bits per heavy atom. The molecule has 0 atom stereocenters. The van der Waals surface area contributed by atoms with Gasteiger partial charge in [-0.05, 0) is 12.5 Å². The van der Waals surface area contributed by atoms with Gasteiger partial charge in [-0.25, -0.2) is 9.78 Å². The van der Waals surface area contributed by atoms with Crippen molar-refractivity contribution in [2.24, 2.45) is 0 Å². The van der Waals surface area contributed by atoms with E-state index in [1.54, 1.807) is 25.4 Å². The molecule has 1 aromatic heterocycles. The minimum absolute atomic E-state index is 0.0622. The zero-order valence-corrected chi connectivity index (χ0v) is 13.5. The second-order valence-electron chi connectivity index (χ2n) is 5.15. The molecule has 4 nitrogen and oxygen atoms in total. The minimum Gasteiger partial charge on any atom is -0.338 e. The number of aromatic nitrogens is 1. The van der Waals surface area contributed by atoms with Gasteiger partial charge in [0, 0.05) is 38.4 Å². The fourth-order valence-corrected chi connectivity index (χ4v) is 3.08. The van der Waals surface area contributed by atoms with Crippen LogP contribution < -0.4 is 5.32 Å². The van der Waals surface area contributed by atoms with Crippen molar-refractivity contribution in [2.75, 3.05) is 20.6 Å². The molecule has 0 saturated carbocycles. The smallest absolute Gasteiger partial charge is 0.316 e. The number of hydrogen-bond donors (Lipinski definition) is 1. The number of hydrogen-bond acceptors (Lipinski definition) is 3. The van der Waals surface area contributed by atoms with Gasteiger partial charge in [0.1, 0.15) is 0 Å². The Labute approximate surface area is 129 Å². The van der Waals surface area contributed by atoms with Crippen molar-refractivity contribution in [3.05, 3.63) is 51.5 Å². The van der Waals surface area contributed by atoms with E-state index in [1.807, 2.05) is 6.07 Å². The standard InChI is InChI=1S/C16H21N3OS/c1-12-14(11-13-7-5-4-6-8-13)21-15(18-12)9-10-17-16(20)19(2)3/h4-8H,9-11H2,1-3H3,(H,17,20). The lowest BCUT2D eigenvalue weighted by molar-refractivity contribution is 0.217. The molecule has 0 aliphatic carbocycles. The van der Waals surface area contributed by atoms with E-state index < -0.39 is 0 Å². The Kier molecular flexibility index (Phi) is 5.33. The maximum absolute atomic E-state index is 11.4. The molecule has 2 rings (SSSR count). The summed E-state index contributed by atoms with van der Waals surface area (Å²) in [7, 11) is 3.47. The number of aryl methyl sites for hydroxylation is 1. The van der Waals surface area contributed by atoms with E-state index in [-0.39, 0.29) is 6.03 Å². The highest BCUT2D eigenvalue weighted by molar-refractivity contribution is 7.11. The molecule has 0 aliphatic heterocycles. The van der Waals surface area contributed by atoms with Crippen LogP contribution in [0.15, 0.2) is 30.3 Å². The van der Waals surface area contributed by atoms with E-state index in [0.717, 1.165) is 23.5 Å². The van der Waals surface area contributed by atoms with Gasteiger partial charge in [0.05, 0.1) is 10.7 Å². The zero-order chi connectivity index (χ0) is 15.2. The van der Waals surface area contributed by atoms with Gasteiger partial charge in [0.25, 0.3) is 0 Å². The highest BCUT2D eigenvalue weighted by Crippen LogP contribution is 2.21. The Hall–Kier alpha value is -1.88. The van der Waals surface area contributed by atoms with Crippen molar-refractivity contribution in [3.63, 3.8) is 0 Å². The number of amides is 2. The first kappa shape index (κ1) is 15.5. The first-order chi connectivity index (χ1) is 10.1. The topological polar surface area (TPSA) is 45.2 Å². The second kappa shape index (κ2) is 7.22. The van der Waals surface area contributed by atoms with Crippen LogP contribution in [0.3, 0.4) is 0 Å². The fourth-order valence-electron chi connectivity index (χ4n) is 1.97. The molecule has 0 saturated heterocycles. The van der Waals surface area contributed by atoms with Crippen LogP contribution in [0.4, 0.5) is 4.79 Å². The number of thiazole rings is 1. The highest BCUT2D eigenvalue weighted by atomic mass is 32.1. The molecule has 1 heterocycles. The number of nitrogens with zero attached hydrogens (tertiary/aromatic N) is 2. The van der Waals surface area contributed by atoms with Gasteiger partial charge in [-0.1, -0.05) is 30.3 Å². The van der Waals surface area contributed by atoms with Crippen molar-refractivity contribution < 1.29 is 4.79 Å². The Morgan fingerprint density at radius 1 is 1.29 bits per heavy atom. The molecular formula is C16H21N3OS. The van der Waals surface area contributed by atoms with E-state index in [9.17, 15) is 4.79 Å². The van der Waals surface area contributed by atoms with Gasteiger partial charge in [-0.3, -0.25) is 0 Å². The van der Waals surface area contributed by atoms with Crippen molar-refractivity contribution in [2.45, 2.75) is 19.8 Å². The van der Waals surface area contributed by atoms with Crippen molar-refractivity contribution in [3.8, 4) is 0 Å². The van der Waals surface area contributed by atoms with Crippen molar-refractivity contribution in [1.82, 2.24) is 15.2 Å². The summed E-state index contributed by atoms with van der Waals surface area (Å²) in [6, 6.07) is 10.4.